The van der Waals surface area contributed by atoms with Crippen LogP contribution in [0.25, 0.3) is 0 Å². The maximum absolute atomic E-state index is 13.5. The van der Waals surface area contributed by atoms with Crippen molar-refractivity contribution < 1.29 is 27.8 Å². The molecule has 40 heavy (non-hydrogen) atoms. The summed E-state index contributed by atoms with van der Waals surface area (Å²) in [6, 6.07) is 23.2. The summed E-state index contributed by atoms with van der Waals surface area (Å²) in [5.41, 5.74) is 3.70. The number of aryl methyl sites for hydroxylation is 1. The molecular formula is C32H39NO6S. The topological polar surface area (TPSA) is 102 Å². The van der Waals surface area contributed by atoms with Crippen LogP contribution in [0.4, 0.5) is 0 Å². The first-order chi connectivity index (χ1) is 19.1. The Morgan fingerprint density at radius 1 is 1.00 bits per heavy atom. The Labute approximate surface area is 237 Å². The molecule has 3 aromatic rings. The number of carbonyl (C=O) groups is 1. The van der Waals surface area contributed by atoms with Crippen molar-refractivity contribution in [2.75, 3.05) is 6.61 Å². The lowest BCUT2D eigenvalue weighted by Crippen LogP contribution is -2.39. The number of esters is 1. The lowest BCUT2D eigenvalue weighted by molar-refractivity contribution is -0.160. The monoisotopic (exact) mass is 565 g/mol. The molecule has 0 saturated carbocycles. The van der Waals surface area contributed by atoms with Crippen molar-refractivity contribution >= 4 is 16.0 Å². The van der Waals surface area contributed by atoms with Crippen LogP contribution in [-0.4, -0.2) is 38.3 Å². The number of benzene rings is 3. The van der Waals surface area contributed by atoms with Gasteiger partial charge >= 0.3 is 5.97 Å². The molecule has 1 aliphatic carbocycles. The quantitative estimate of drug-likeness (QED) is 0.221. The molecular weight excluding hydrogens is 526 g/mol. The van der Waals surface area contributed by atoms with Crippen LogP contribution in [0.1, 0.15) is 55.0 Å². The first-order valence-electron chi connectivity index (χ1n) is 13.8. The molecule has 8 heteroatoms. The first kappa shape index (κ1) is 29.9. The fourth-order valence-electron chi connectivity index (χ4n) is 5.08. The SMILES string of the molecule is Cc1ccc(S(=O)(=O)N[C@H]2c3ccccc3C[C@H]2OC(=O)[C@@H](CC(C)C)[C@H](O)CCOCc2ccccc2)cc1. The van der Waals surface area contributed by atoms with Gasteiger partial charge in [-0.1, -0.05) is 86.1 Å². The minimum Gasteiger partial charge on any atom is -0.460 e. The van der Waals surface area contributed by atoms with Gasteiger partial charge in [0, 0.05) is 13.0 Å². The van der Waals surface area contributed by atoms with Crippen molar-refractivity contribution in [2.24, 2.45) is 11.8 Å². The van der Waals surface area contributed by atoms with Crippen LogP contribution < -0.4 is 4.72 Å². The maximum atomic E-state index is 13.5. The standard InChI is InChI=1S/C32H39NO6S/c1-22(2)19-28(29(34)17-18-38-21-24-9-5-4-6-10-24)32(35)39-30-20-25-11-7-8-12-27(25)31(30)33-40(36,37)26-15-13-23(3)14-16-26/h4-16,22,28-31,33-34H,17-21H2,1-3H3/t28-,29+,30+,31-/m0/s1. The fraction of sp³-hybridized carbons (Fsp3) is 0.406. The second-order valence-electron chi connectivity index (χ2n) is 10.9. The van der Waals surface area contributed by atoms with Gasteiger partial charge in [0.25, 0.3) is 0 Å². The molecule has 0 spiro atoms. The van der Waals surface area contributed by atoms with Crippen molar-refractivity contribution in [1.82, 2.24) is 4.72 Å². The summed E-state index contributed by atoms with van der Waals surface area (Å²) < 4.78 is 41.1. The van der Waals surface area contributed by atoms with Crippen molar-refractivity contribution in [2.45, 2.75) is 69.8 Å². The van der Waals surface area contributed by atoms with Gasteiger partial charge in [-0.25, -0.2) is 8.42 Å². The van der Waals surface area contributed by atoms with E-state index in [0.29, 0.717) is 26.1 Å². The Morgan fingerprint density at radius 3 is 2.38 bits per heavy atom. The van der Waals surface area contributed by atoms with Crippen LogP contribution >= 0.6 is 0 Å². The largest absolute Gasteiger partial charge is 0.460 e. The molecule has 0 aromatic heterocycles. The maximum Gasteiger partial charge on any atom is 0.311 e. The second-order valence-corrected chi connectivity index (χ2v) is 12.6. The highest BCUT2D eigenvalue weighted by molar-refractivity contribution is 7.89. The molecule has 1 aliphatic rings. The Kier molecular flexibility index (Phi) is 10.1. The summed E-state index contributed by atoms with van der Waals surface area (Å²) >= 11 is 0. The first-order valence-corrected chi connectivity index (χ1v) is 15.3. The van der Waals surface area contributed by atoms with Gasteiger partial charge in [0.2, 0.25) is 10.0 Å². The molecule has 0 bridgehead atoms. The Morgan fingerprint density at radius 2 is 1.68 bits per heavy atom. The highest BCUT2D eigenvalue weighted by Crippen LogP contribution is 2.35. The van der Waals surface area contributed by atoms with E-state index in [1.54, 1.807) is 24.3 Å². The van der Waals surface area contributed by atoms with Crippen LogP contribution in [-0.2, 0) is 37.3 Å². The third-order valence-corrected chi connectivity index (χ3v) is 8.68. The molecule has 2 N–H and O–H groups in total. The molecule has 4 atom stereocenters. The van der Waals surface area contributed by atoms with E-state index in [0.717, 1.165) is 22.3 Å². The Hall–Kier alpha value is -3.04. The number of hydrogen-bond acceptors (Lipinski definition) is 6. The molecule has 0 aliphatic heterocycles. The average molecular weight is 566 g/mol. The summed E-state index contributed by atoms with van der Waals surface area (Å²) in [5, 5.41) is 11.0. The zero-order chi connectivity index (χ0) is 28.7. The Bertz CT molecular complexity index is 1360. The Balaban J connectivity index is 1.45. The highest BCUT2D eigenvalue weighted by atomic mass is 32.2. The number of nitrogens with one attached hydrogen (secondary N) is 1. The van der Waals surface area contributed by atoms with E-state index in [-0.39, 0.29) is 17.2 Å². The van der Waals surface area contributed by atoms with Gasteiger partial charge in [-0.3, -0.25) is 4.79 Å². The lowest BCUT2D eigenvalue weighted by atomic mass is 9.90. The van der Waals surface area contributed by atoms with E-state index in [2.05, 4.69) is 4.72 Å². The van der Waals surface area contributed by atoms with Crippen LogP contribution in [0.2, 0.25) is 0 Å². The molecule has 3 aromatic carbocycles. The van der Waals surface area contributed by atoms with Crippen LogP contribution in [0.5, 0.6) is 0 Å². The molecule has 214 valence electrons. The zero-order valence-electron chi connectivity index (χ0n) is 23.3. The molecule has 0 heterocycles. The molecule has 7 nitrogen and oxygen atoms in total. The third-order valence-electron chi connectivity index (χ3n) is 7.23. The summed E-state index contributed by atoms with van der Waals surface area (Å²) in [7, 11) is -3.87. The third kappa shape index (κ3) is 7.79. The van der Waals surface area contributed by atoms with Crippen molar-refractivity contribution in [3.8, 4) is 0 Å². The number of hydrogen-bond donors (Lipinski definition) is 2. The summed E-state index contributed by atoms with van der Waals surface area (Å²) in [6.45, 7) is 6.59. The van der Waals surface area contributed by atoms with E-state index in [4.69, 9.17) is 9.47 Å². The smallest absolute Gasteiger partial charge is 0.311 e. The zero-order valence-corrected chi connectivity index (χ0v) is 24.1. The number of sulfonamides is 1. The van der Waals surface area contributed by atoms with Gasteiger partial charge in [0.15, 0.2) is 0 Å². The van der Waals surface area contributed by atoms with E-state index in [1.807, 2.05) is 75.4 Å². The molecule has 0 saturated heterocycles. The highest BCUT2D eigenvalue weighted by Gasteiger charge is 2.40. The van der Waals surface area contributed by atoms with E-state index in [9.17, 15) is 18.3 Å². The normalized spacial score (nSPS) is 18.3. The van der Waals surface area contributed by atoms with Gasteiger partial charge in [-0.15, -0.1) is 0 Å². The number of aliphatic hydroxyl groups excluding tert-OH is 1. The van der Waals surface area contributed by atoms with Gasteiger partial charge in [-0.05, 0) is 54.5 Å². The van der Waals surface area contributed by atoms with Crippen molar-refractivity contribution in [3.63, 3.8) is 0 Å². The van der Waals surface area contributed by atoms with Crippen molar-refractivity contribution in [3.05, 3.63) is 101 Å². The number of aliphatic hydroxyl groups is 1. The summed E-state index contributed by atoms with van der Waals surface area (Å²) in [4.78, 5) is 13.6. The van der Waals surface area contributed by atoms with Crippen LogP contribution in [0.3, 0.4) is 0 Å². The molecule has 0 radical (unpaired) electrons. The van der Waals surface area contributed by atoms with Crippen LogP contribution in [0, 0.1) is 18.8 Å². The van der Waals surface area contributed by atoms with Gasteiger partial charge in [0.1, 0.15) is 6.10 Å². The minimum atomic E-state index is -3.87. The molecule has 0 amide bonds. The number of carbonyl (C=O) groups excluding carboxylic acids is 1. The number of ether oxygens (including phenoxy) is 2. The number of fused-ring (bicyclic) bond motifs is 1. The lowest BCUT2D eigenvalue weighted by Gasteiger charge is -2.27. The van der Waals surface area contributed by atoms with Gasteiger partial charge in [-0.2, -0.15) is 4.72 Å². The molecule has 0 fully saturated rings. The van der Waals surface area contributed by atoms with Gasteiger partial charge in [0.05, 0.1) is 29.6 Å². The predicted octanol–water partition coefficient (Wildman–Crippen LogP) is 5.11. The fourth-order valence-corrected chi connectivity index (χ4v) is 6.33. The van der Waals surface area contributed by atoms with Gasteiger partial charge < -0.3 is 14.6 Å². The molecule has 4 rings (SSSR count). The molecule has 0 unspecified atom stereocenters. The van der Waals surface area contributed by atoms with Crippen LogP contribution in [0.15, 0.2) is 83.8 Å². The number of rotatable bonds is 13. The average Bonchev–Trinajstić information content (AvgIpc) is 3.26. The van der Waals surface area contributed by atoms with E-state index < -0.39 is 40.2 Å². The van der Waals surface area contributed by atoms with E-state index in [1.165, 1.54) is 0 Å². The minimum absolute atomic E-state index is 0.147. The summed E-state index contributed by atoms with van der Waals surface area (Å²) in [6.07, 6.45) is -0.571. The van der Waals surface area contributed by atoms with E-state index >= 15 is 0 Å². The second kappa shape index (κ2) is 13.5. The van der Waals surface area contributed by atoms with Crippen molar-refractivity contribution in [1.29, 1.82) is 0 Å². The summed E-state index contributed by atoms with van der Waals surface area (Å²) in [5.74, 6) is -1.13. The predicted molar refractivity (Wildman–Crippen MR) is 154 cm³/mol.